The van der Waals surface area contributed by atoms with Crippen LogP contribution in [0.3, 0.4) is 0 Å². The summed E-state index contributed by atoms with van der Waals surface area (Å²) in [4.78, 5) is 11.8. The molecule has 5 nitrogen and oxygen atoms in total. The molecule has 56 valence electrons. The van der Waals surface area contributed by atoms with Crippen molar-refractivity contribution in [3.63, 3.8) is 0 Å². The Hall–Kier alpha value is -1.13. The van der Waals surface area contributed by atoms with Gasteiger partial charge in [-0.1, -0.05) is 5.10 Å². The number of nitrogens with zero attached hydrogens (tertiary/aromatic N) is 2. The summed E-state index contributed by atoms with van der Waals surface area (Å²) >= 11 is 0. The predicted molar refractivity (Wildman–Crippen MR) is 32.3 cm³/mol. The lowest BCUT2D eigenvalue weighted by Gasteiger charge is -2.01. The normalized spacial score (nSPS) is 11.9. The number of nitrogens with one attached hydrogen (secondary N) is 1. The molecule has 0 saturated carbocycles. The molecule has 10 heavy (non-hydrogen) atoms. The van der Waals surface area contributed by atoms with E-state index >= 15 is 0 Å². The van der Waals surface area contributed by atoms with Gasteiger partial charge < -0.3 is 0 Å². The van der Waals surface area contributed by atoms with Crippen molar-refractivity contribution in [2.75, 3.05) is 0 Å². The van der Waals surface area contributed by atoms with Crippen molar-refractivity contribution in [1.82, 2.24) is 10.4 Å². The van der Waals surface area contributed by atoms with Crippen LogP contribution in [0, 0.1) is 0 Å². The summed E-state index contributed by atoms with van der Waals surface area (Å²) in [5.41, 5.74) is -0.230. The minimum Gasteiger partial charge on any atom is -0.240 e. The van der Waals surface area contributed by atoms with Gasteiger partial charge in [0, 0.05) is 25.6 Å². The molecule has 0 aliphatic carbocycles. The molecule has 0 aromatic carbocycles. The maximum absolute atomic E-state index is 10.4. The monoisotopic (exact) mass is 144 g/mol. The topological polar surface area (TPSA) is 62.8 Å². The van der Waals surface area contributed by atoms with Crippen LogP contribution in [-0.4, -0.2) is 10.4 Å². The average molecular weight is 144 g/mol. The van der Waals surface area contributed by atoms with Gasteiger partial charge >= 0.3 is 5.76 Å². The highest BCUT2D eigenvalue weighted by Crippen LogP contribution is 1.97. The summed E-state index contributed by atoms with van der Waals surface area (Å²) in [5.74, 6) is -0.532. The molecule has 0 aliphatic rings. The second-order valence-corrected chi connectivity index (χ2v) is 3.05. The van der Waals surface area contributed by atoms with Crippen LogP contribution >= 0.6 is 0 Å². The minimum absolute atomic E-state index is 0.230. The highest BCUT2D eigenvalue weighted by Gasteiger charge is 2.27. The molecule has 0 amide bonds. The van der Waals surface area contributed by atoms with Gasteiger partial charge in [0.15, 0.2) is 0 Å². The molecule has 5 heteroatoms. The molecule has 1 heterocycles. The van der Waals surface area contributed by atoms with Gasteiger partial charge in [0.2, 0.25) is 10.8 Å². The summed E-state index contributed by atoms with van der Waals surface area (Å²) in [5, 5.41) is 5.86. The Morgan fingerprint density at radius 3 is 2.40 bits per heavy atom. The van der Waals surface area contributed by atoms with E-state index in [0.29, 0.717) is 0 Å². The number of H-pyrrole nitrogens is 1. The lowest BCUT2D eigenvalue weighted by Crippen LogP contribution is -2.55. The summed E-state index contributed by atoms with van der Waals surface area (Å²) < 4.78 is 4.29. The first kappa shape index (κ1) is 6.98. The van der Waals surface area contributed by atoms with E-state index in [1.807, 2.05) is 20.8 Å². The molecular formula is C5H10N3O2+. The SMILES string of the molecule is CC(C)(C)[n+]1noc(=O)[nH]1. The van der Waals surface area contributed by atoms with Crippen LogP contribution in [-0.2, 0) is 5.54 Å². The molecule has 0 atom stereocenters. The van der Waals surface area contributed by atoms with Crippen LogP contribution in [0.4, 0.5) is 0 Å². The Kier molecular flexibility index (Phi) is 1.35. The van der Waals surface area contributed by atoms with Crippen molar-refractivity contribution in [1.29, 1.82) is 0 Å². The highest BCUT2D eigenvalue weighted by molar-refractivity contribution is 4.43. The number of aromatic nitrogens is 3. The molecule has 0 spiro atoms. The Morgan fingerprint density at radius 2 is 2.20 bits per heavy atom. The van der Waals surface area contributed by atoms with Gasteiger partial charge in [-0.15, -0.1) is 0 Å². The van der Waals surface area contributed by atoms with E-state index < -0.39 is 5.76 Å². The van der Waals surface area contributed by atoms with E-state index in [-0.39, 0.29) is 5.54 Å². The molecule has 0 fully saturated rings. The van der Waals surface area contributed by atoms with Crippen molar-refractivity contribution in [3.8, 4) is 0 Å². The third-order valence-electron chi connectivity index (χ3n) is 1.04. The highest BCUT2D eigenvalue weighted by atomic mass is 16.5. The van der Waals surface area contributed by atoms with Crippen molar-refractivity contribution >= 4 is 0 Å². The smallest absolute Gasteiger partial charge is 0.240 e. The molecule has 0 bridgehead atoms. The molecule has 0 unspecified atom stereocenters. The zero-order valence-corrected chi connectivity index (χ0v) is 6.21. The second-order valence-electron chi connectivity index (χ2n) is 3.05. The second kappa shape index (κ2) is 1.93. The van der Waals surface area contributed by atoms with Gasteiger partial charge in [-0.05, 0) is 0 Å². The molecule has 1 aromatic heterocycles. The maximum Gasteiger partial charge on any atom is 0.492 e. The van der Waals surface area contributed by atoms with Crippen LogP contribution in [0.15, 0.2) is 9.32 Å². The van der Waals surface area contributed by atoms with Gasteiger partial charge in [-0.3, -0.25) is 0 Å². The summed E-state index contributed by atoms with van der Waals surface area (Å²) in [6.45, 7) is 5.72. The molecule has 0 saturated heterocycles. The van der Waals surface area contributed by atoms with Crippen LogP contribution in [0.25, 0.3) is 0 Å². The zero-order chi connectivity index (χ0) is 7.78. The number of aromatic amines is 1. The Labute approximate surface area is 57.6 Å². The van der Waals surface area contributed by atoms with Gasteiger partial charge in [0.05, 0.1) is 0 Å². The largest absolute Gasteiger partial charge is 0.492 e. The quantitative estimate of drug-likeness (QED) is 0.495. The molecule has 1 rings (SSSR count). The standard InChI is InChI=1S/C5H9N3O2/c1-5(2,3)8-6-4(9)10-7-8/h1-3H3/p+1. The van der Waals surface area contributed by atoms with Crippen LogP contribution in [0.5, 0.6) is 0 Å². The molecule has 1 N–H and O–H groups in total. The van der Waals surface area contributed by atoms with Gasteiger partial charge in [-0.2, -0.15) is 0 Å². The maximum atomic E-state index is 10.4. The first-order chi connectivity index (χ1) is 4.50. The molecule has 0 aliphatic heterocycles. The Bertz CT molecular complexity index is 267. The fourth-order valence-corrected chi connectivity index (χ4v) is 0.495. The van der Waals surface area contributed by atoms with Gasteiger partial charge in [-0.25, -0.2) is 9.32 Å². The fourth-order valence-electron chi connectivity index (χ4n) is 0.495. The fraction of sp³-hybridized carbons (Fsp3) is 0.800. The van der Waals surface area contributed by atoms with Crippen molar-refractivity contribution in [2.45, 2.75) is 26.3 Å². The Balaban J connectivity index is 3.07. The first-order valence-corrected chi connectivity index (χ1v) is 2.99. The minimum atomic E-state index is -0.532. The van der Waals surface area contributed by atoms with Crippen molar-refractivity contribution < 1.29 is 9.32 Å². The average Bonchev–Trinajstić information content (AvgIpc) is 2.11. The van der Waals surface area contributed by atoms with Crippen molar-refractivity contribution in [2.24, 2.45) is 0 Å². The predicted octanol–water partition coefficient (Wildman–Crippen LogP) is -0.595. The lowest BCUT2D eigenvalue weighted by molar-refractivity contribution is -0.859. The van der Waals surface area contributed by atoms with Crippen LogP contribution in [0.1, 0.15) is 20.8 Å². The van der Waals surface area contributed by atoms with E-state index in [4.69, 9.17) is 0 Å². The van der Waals surface area contributed by atoms with E-state index in [1.165, 1.54) is 4.80 Å². The zero-order valence-electron chi connectivity index (χ0n) is 6.21. The van der Waals surface area contributed by atoms with E-state index in [1.54, 1.807) is 0 Å². The van der Waals surface area contributed by atoms with Crippen molar-refractivity contribution in [3.05, 3.63) is 10.6 Å². The summed E-state index contributed by atoms with van der Waals surface area (Å²) in [7, 11) is 0. The van der Waals surface area contributed by atoms with Crippen LogP contribution in [0.2, 0.25) is 0 Å². The third-order valence-corrected chi connectivity index (χ3v) is 1.04. The number of hydrogen-bond donors (Lipinski definition) is 1. The van der Waals surface area contributed by atoms with E-state index in [9.17, 15) is 4.79 Å². The molecular weight excluding hydrogens is 134 g/mol. The van der Waals surface area contributed by atoms with E-state index in [0.717, 1.165) is 0 Å². The van der Waals surface area contributed by atoms with Crippen LogP contribution < -0.4 is 10.6 Å². The summed E-state index contributed by atoms with van der Waals surface area (Å²) in [6.07, 6.45) is 0. The Morgan fingerprint density at radius 1 is 1.60 bits per heavy atom. The molecule has 1 aromatic rings. The van der Waals surface area contributed by atoms with Gasteiger partial charge in [0.25, 0.3) is 0 Å². The summed E-state index contributed by atoms with van der Waals surface area (Å²) in [6, 6.07) is 0. The van der Waals surface area contributed by atoms with Gasteiger partial charge in [0.1, 0.15) is 0 Å². The van der Waals surface area contributed by atoms with E-state index in [2.05, 4.69) is 14.9 Å². The third kappa shape index (κ3) is 1.23. The molecule has 0 radical (unpaired) electrons. The number of hydrogen-bond acceptors (Lipinski definition) is 3. The first-order valence-electron chi connectivity index (χ1n) is 2.99. The number of rotatable bonds is 0. The lowest BCUT2D eigenvalue weighted by atomic mass is 10.1.